The van der Waals surface area contributed by atoms with Gasteiger partial charge in [0.05, 0.1) is 5.69 Å². The first-order valence-corrected chi connectivity index (χ1v) is 10.6. The summed E-state index contributed by atoms with van der Waals surface area (Å²) in [7, 11) is 0. The molecule has 4 rings (SSSR count). The highest BCUT2D eigenvalue weighted by molar-refractivity contribution is 7.13. The molecule has 2 N–H and O–H groups in total. The third-order valence-electron chi connectivity index (χ3n) is 5.19. The van der Waals surface area contributed by atoms with E-state index >= 15 is 0 Å². The van der Waals surface area contributed by atoms with E-state index in [4.69, 9.17) is 5.73 Å². The van der Waals surface area contributed by atoms with Gasteiger partial charge in [0.2, 0.25) is 5.91 Å². The Labute approximate surface area is 181 Å². The van der Waals surface area contributed by atoms with E-state index in [-0.39, 0.29) is 0 Å². The zero-order valence-corrected chi connectivity index (χ0v) is 17.4. The second-order valence-electron chi connectivity index (χ2n) is 7.25. The van der Waals surface area contributed by atoms with E-state index in [0.717, 1.165) is 28.4 Å². The fourth-order valence-corrected chi connectivity index (χ4v) is 4.30. The molecule has 2 amide bonds. The zero-order chi connectivity index (χ0) is 22.0. The number of hydrogen-bond donors (Lipinski definition) is 1. The van der Waals surface area contributed by atoms with Crippen LogP contribution in [0.2, 0.25) is 0 Å². The first kappa shape index (κ1) is 21.1. The SMILES string of the molecule is NC(=O)c1ccc(-c2nc(CN3CCN(C(=O)c4c(F)cccc4F)CC3)cs2)cc1. The van der Waals surface area contributed by atoms with Crippen LogP contribution >= 0.6 is 11.3 Å². The number of amides is 2. The van der Waals surface area contributed by atoms with Gasteiger partial charge in [-0.3, -0.25) is 14.5 Å². The van der Waals surface area contributed by atoms with Crippen molar-refractivity contribution in [3.05, 3.63) is 76.3 Å². The Morgan fingerprint density at radius 1 is 1.00 bits per heavy atom. The molecule has 3 aromatic rings. The van der Waals surface area contributed by atoms with Crippen molar-refractivity contribution in [2.75, 3.05) is 26.2 Å². The number of carbonyl (C=O) groups excluding carboxylic acids is 2. The Morgan fingerprint density at radius 2 is 1.65 bits per heavy atom. The van der Waals surface area contributed by atoms with Crippen molar-refractivity contribution in [3.63, 3.8) is 0 Å². The number of thiazole rings is 1. The number of carbonyl (C=O) groups is 2. The number of primary amides is 1. The molecular weight excluding hydrogens is 422 g/mol. The maximum absolute atomic E-state index is 13.9. The Bertz CT molecular complexity index is 1090. The first-order valence-electron chi connectivity index (χ1n) is 9.72. The molecule has 6 nitrogen and oxygen atoms in total. The minimum absolute atomic E-state index is 0.387. The summed E-state index contributed by atoms with van der Waals surface area (Å²) >= 11 is 1.51. The van der Waals surface area contributed by atoms with Gasteiger partial charge >= 0.3 is 0 Å². The van der Waals surface area contributed by atoms with E-state index < -0.39 is 29.0 Å². The van der Waals surface area contributed by atoms with Crippen molar-refractivity contribution in [2.45, 2.75) is 6.54 Å². The van der Waals surface area contributed by atoms with E-state index in [1.54, 1.807) is 12.1 Å². The van der Waals surface area contributed by atoms with Gasteiger partial charge in [0.15, 0.2) is 0 Å². The number of halogens is 2. The van der Waals surface area contributed by atoms with Crippen LogP contribution in [0.5, 0.6) is 0 Å². The molecule has 0 unspecified atom stereocenters. The van der Waals surface area contributed by atoms with E-state index in [1.165, 1.54) is 22.3 Å². The molecule has 0 aliphatic carbocycles. The maximum Gasteiger partial charge on any atom is 0.259 e. The van der Waals surface area contributed by atoms with E-state index in [1.807, 2.05) is 17.5 Å². The topological polar surface area (TPSA) is 79.5 Å². The van der Waals surface area contributed by atoms with Gasteiger partial charge in [0, 0.05) is 49.2 Å². The quantitative estimate of drug-likeness (QED) is 0.658. The van der Waals surface area contributed by atoms with Crippen LogP contribution in [0.15, 0.2) is 47.8 Å². The highest BCUT2D eigenvalue weighted by Gasteiger charge is 2.26. The molecule has 1 aliphatic heterocycles. The Kier molecular flexibility index (Phi) is 6.06. The molecule has 2 heterocycles. The van der Waals surface area contributed by atoms with Crippen molar-refractivity contribution in [1.29, 1.82) is 0 Å². The Balaban J connectivity index is 1.35. The third-order valence-corrected chi connectivity index (χ3v) is 6.13. The lowest BCUT2D eigenvalue weighted by atomic mass is 10.1. The predicted molar refractivity (Wildman–Crippen MR) is 114 cm³/mol. The van der Waals surface area contributed by atoms with Gasteiger partial charge in [-0.05, 0) is 24.3 Å². The summed E-state index contributed by atoms with van der Waals surface area (Å²) in [4.78, 5) is 32.0. The summed E-state index contributed by atoms with van der Waals surface area (Å²) in [6.45, 7) is 2.56. The van der Waals surface area contributed by atoms with Crippen LogP contribution in [0.1, 0.15) is 26.4 Å². The van der Waals surface area contributed by atoms with Crippen LogP contribution in [0.4, 0.5) is 8.78 Å². The molecule has 0 saturated carbocycles. The molecule has 0 radical (unpaired) electrons. The summed E-state index contributed by atoms with van der Waals surface area (Å²) in [6, 6.07) is 10.4. The number of nitrogens with zero attached hydrogens (tertiary/aromatic N) is 3. The molecule has 0 spiro atoms. The molecule has 0 atom stereocenters. The van der Waals surface area contributed by atoms with E-state index in [0.29, 0.717) is 38.3 Å². The first-order chi connectivity index (χ1) is 14.9. The molecule has 31 heavy (non-hydrogen) atoms. The standard InChI is InChI=1S/C22H20F2N4O2S/c23-17-2-1-3-18(24)19(17)22(30)28-10-8-27(9-11-28)12-16-13-31-21(26-16)15-6-4-14(5-7-15)20(25)29/h1-7,13H,8-12H2,(H2,25,29). The number of aromatic nitrogens is 1. The Hall–Kier alpha value is -3.17. The summed E-state index contributed by atoms with van der Waals surface area (Å²) in [5.41, 5.74) is 7.03. The largest absolute Gasteiger partial charge is 0.366 e. The van der Waals surface area contributed by atoms with Crippen molar-refractivity contribution in [2.24, 2.45) is 5.73 Å². The molecular formula is C22H20F2N4O2S. The van der Waals surface area contributed by atoms with Crippen LogP contribution < -0.4 is 5.73 Å². The normalized spacial score (nSPS) is 14.6. The molecule has 9 heteroatoms. The minimum Gasteiger partial charge on any atom is -0.366 e. The number of benzene rings is 2. The molecule has 1 aromatic heterocycles. The third kappa shape index (κ3) is 4.62. The number of piperazine rings is 1. The monoisotopic (exact) mass is 442 g/mol. The van der Waals surface area contributed by atoms with Gasteiger partial charge in [0.25, 0.3) is 5.91 Å². The lowest BCUT2D eigenvalue weighted by Gasteiger charge is -2.34. The van der Waals surface area contributed by atoms with E-state index in [2.05, 4.69) is 9.88 Å². The second kappa shape index (κ2) is 8.91. The molecule has 0 bridgehead atoms. The summed E-state index contributed by atoms with van der Waals surface area (Å²) in [5.74, 6) is -2.77. The fourth-order valence-electron chi connectivity index (χ4n) is 3.49. The van der Waals surface area contributed by atoms with Gasteiger partial charge in [-0.1, -0.05) is 18.2 Å². The van der Waals surface area contributed by atoms with Crippen molar-refractivity contribution >= 4 is 23.2 Å². The molecule has 1 saturated heterocycles. The van der Waals surface area contributed by atoms with Gasteiger partial charge < -0.3 is 10.6 Å². The van der Waals surface area contributed by atoms with Gasteiger partial charge in [-0.25, -0.2) is 13.8 Å². The highest BCUT2D eigenvalue weighted by atomic mass is 32.1. The lowest BCUT2D eigenvalue weighted by molar-refractivity contribution is 0.0617. The van der Waals surface area contributed by atoms with Crippen LogP contribution in [0.3, 0.4) is 0 Å². The average molecular weight is 442 g/mol. The van der Waals surface area contributed by atoms with E-state index in [9.17, 15) is 18.4 Å². The minimum atomic E-state index is -0.841. The second-order valence-corrected chi connectivity index (χ2v) is 8.11. The molecule has 2 aromatic carbocycles. The zero-order valence-electron chi connectivity index (χ0n) is 16.6. The van der Waals surface area contributed by atoms with Gasteiger partial charge in [-0.15, -0.1) is 11.3 Å². The van der Waals surface area contributed by atoms with Crippen LogP contribution in [0, 0.1) is 11.6 Å². The molecule has 160 valence electrons. The summed E-state index contributed by atoms with van der Waals surface area (Å²) < 4.78 is 27.8. The Morgan fingerprint density at radius 3 is 2.26 bits per heavy atom. The number of rotatable bonds is 5. The van der Waals surface area contributed by atoms with Crippen LogP contribution in [-0.4, -0.2) is 52.8 Å². The van der Waals surface area contributed by atoms with Crippen molar-refractivity contribution in [3.8, 4) is 10.6 Å². The van der Waals surface area contributed by atoms with Crippen molar-refractivity contribution in [1.82, 2.24) is 14.8 Å². The summed E-state index contributed by atoms with van der Waals surface area (Å²) in [6.07, 6.45) is 0. The fraction of sp³-hybridized carbons (Fsp3) is 0.227. The maximum atomic E-state index is 13.9. The van der Waals surface area contributed by atoms with Crippen LogP contribution in [0.25, 0.3) is 10.6 Å². The summed E-state index contributed by atoms with van der Waals surface area (Å²) in [5, 5.41) is 2.82. The van der Waals surface area contributed by atoms with Crippen LogP contribution in [-0.2, 0) is 6.54 Å². The van der Waals surface area contributed by atoms with Gasteiger partial charge in [0.1, 0.15) is 22.2 Å². The smallest absolute Gasteiger partial charge is 0.259 e. The molecule has 1 fully saturated rings. The number of hydrogen-bond acceptors (Lipinski definition) is 5. The van der Waals surface area contributed by atoms with Gasteiger partial charge in [-0.2, -0.15) is 0 Å². The lowest BCUT2D eigenvalue weighted by Crippen LogP contribution is -2.48. The average Bonchev–Trinajstić information content (AvgIpc) is 3.22. The predicted octanol–water partition coefficient (Wildman–Crippen LogP) is 3.15. The molecule has 1 aliphatic rings. The highest BCUT2D eigenvalue weighted by Crippen LogP contribution is 2.25. The van der Waals surface area contributed by atoms with Crippen molar-refractivity contribution < 1.29 is 18.4 Å². The number of nitrogens with two attached hydrogens (primary N) is 1.